The van der Waals surface area contributed by atoms with Crippen molar-refractivity contribution < 1.29 is 13.9 Å². The number of nitrogens with zero attached hydrogens (tertiary/aromatic N) is 3. The van der Waals surface area contributed by atoms with Crippen molar-refractivity contribution in [2.75, 3.05) is 44.3 Å². The third kappa shape index (κ3) is 3.46. The van der Waals surface area contributed by atoms with Crippen molar-refractivity contribution in [3.05, 3.63) is 64.1 Å². The third-order valence-electron chi connectivity index (χ3n) is 9.29. The van der Waals surface area contributed by atoms with Crippen LogP contribution in [0.3, 0.4) is 0 Å². The van der Waals surface area contributed by atoms with Crippen LogP contribution in [0, 0.1) is 17.1 Å². The monoisotopic (exact) mass is 498 g/mol. The molecule has 3 aromatic rings. The van der Waals surface area contributed by atoms with Crippen LogP contribution in [0.1, 0.15) is 71.3 Å². The number of fused-ring (bicyclic) bond motifs is 6. The molecule has 7 rings (SSSR count). The molecule has 37 heavy (non-hydrogen) atoms. The molecule has 190 valence electrons. The highest BCUT2D eigenvalue weighted by molar-refractivity contribution is 6.20. The zero-order valence-electron chi connectivity index (χ0n) is 21.0. The number of benzene rings is 2. The van der Waals surface area contributed by atoms with Crippen LogP contribution in [0.15, 0.2) is 30.3 Å². The van der Waals surface area contributed by atoms with Gasteiger partial charge in [0.1, 0.15) is 5.82 Å². The smallest absolute Gasteiger partial charge is 0.195 e. The van der Waals surface area contributed by atoms with Gasteiger partial charge in [0.15, 0.2) is 5.78 Å². The van der Waals surface area contributed by atoms with Gasteiger partial charge in [-0.25, -0.2) is 4.39 Å². The summed E-state index contributed by atoms with van der Waals surface area (Å²) in [4.78, 5) is 22.2. The fraction of sp³-hybridized carbons (Fsp3) is 0.467. The van der Waals surface area contributed by atoms with Gasteiger partial charge < -0.3 is 19.5 Å². The minimum atomic E-state index is -0.445. The first-order valence-electron chi connectivity index (χ1n) is 13.6. The van der Waals surface area contributed by atoms with E-state index in [0.29, 0.717) is 41.6 Å². The van der Waals surface area contributed by atoms with Crippen molar-refractivity contribution in [2.45, 2.75) is 50.0 Å². The zero-order valence-corrected chi connectivity index (χ0v) is 21.0. The minimum Gasteiger partial charge on any atom is -0.381 e. The van der Waals surface area contributed by atoms with Gasteiger partial charge in [-0.15, -0.1) is 0 Å². The normalized spacial score (nSPS) is 21.8. The second-order valence-electron chi connectivity index (χ2n) is 11.1. The third-order valence-corrected chi connectivity index (χ3v) is 9.29. The number of aromatic nitrogens is 1. The summed E-state index contributed by atoms with van der Waals surface area (Å²) in [5.74, 6) is -0.458. The standard InChI is InChI=1S/C30H31FN4O2/c31-24-16-22-23(17-26(24)35-11-5-20(6-12-35)34-9-1-2-10-34)30(7-13-37-14-8-30)29-27(28(22)36)21-4-3-19(18-32)15-25(21)33-29/h3-4,15-17,20,33H,1-2,5-14H2. The molecule has 3 aliphatic heterocycles. The van der Waals surface area contributed by atoms with Crippen LogP contribution in [0.25, 0.3) is 10.9 Å². The molecule has 7 heteroatoms. The predicted octanol–water partition coefficient (Wildman–Crippen LogP) is 4.88. The summed E-state index contributed by atoms with van der Waals surface area (Å²) in [6.07, 6.45) is 6.10. The molecule has 0 radical (unpaired) electrons. The van der Waals surface area contributed by atoms with Crippen molar-refractivity contribution in [3.63, 3.8) is 0 Å². The number of H-pyrrole nitrogens is 1. The van der Waals surface area contributed by atoms with Crippen molar-refractivity contribution in [1.29, 1.82) is 5.26 Å². The van der Waals surface area contributed by atoms with Gasteiger partial charge in [0, 0.05) is 59.9 Å². The zero-order chi connectivity index (χ0) is 25.1. The van der Waals surface area contributed by atoms with E-state index in [9.17, 15) is 10.1 Å². The van der Waals surface area contributed by atoms with E-state index in [-0.39, 0.29) is 11.6 Å². The lowest BCUT2D eigenvalue weighted by molar-refractivity contribution is 0.0601. The Bertz CT molecular complexity index is 1430. The SMILES string of the molecule is N#Cc1ccc2c3c([nH]c2c1)C1(CCOCC1)c1cc(N2CCC(N4CCCC4)CC2)c(F)cc1C3=O. The molecule has 0 atom stereocenters. The van der Waals surface area contributed by atoms with Crippen LogP contribution >= 0.6 is 0 Å². The number of halogens is 1. The number of likely N-dealkylation sites (tertiary alicyclic amines) is 1. The van der Waals surface area contributed by atoms with Gasteiger partial charge in [-0.3, -0.25) is 4.79 Å². The van der Waals surface area contributed by atoms with Crippen molar-refractivity contribution in [2.24, 2.45) is 0 Å². The van der Waals surface area contributed by atoms with Crippen molar-refractivity contribution >= 4 is 22.4 Å². The summed E-state index contributed by atoms with van der Waals surface area (Å²) < 4.78 is 21.5. The molecule has 3 fully saturated rings. The van der Waals surface area contributed by atoms with Crippen molar-refractivity contribution in [3.8, 4) is 6.07 Å². The number of carbonyl (C=O) groups is 1. The highest BCUT2D eigenvalue weighted by Crippen LogP contribution is 2.50. The summed E-state index contributed by atoms with van der Waals surface area (Å²) in [6, 6.07) is 11.6. The number of ketones is 1. The van der Waals surface area contributed by atoms with Gasteiger partial charge in [0.05, 0.1) is 22.9 Å². The molecule has 1 aliphatic carbocycles. The van der Waals surface area contributed by atoms with Gasteiger partial charge in [-0.1, -0.05) is 6.07 Å². The van der Waals surface area contributed by atoms with Crippen LogP contribution in [0.2, 0.25) is 0 Å². The highest BCUT2D eigenvalue weighted by atomic mass is 19.1. The van der Waals surface area contributed by atoms with E-state index in [2.05, 4.69) is 20.9 Å². The molecule has 0 unspecified atom stereocenters. The van der Waals surface area contributed by atoms with E-state index in [1.807, 2.05) is 12.1 Å². The van der Waals surface area contributed by atoms with Crippen LogP contribution < -0.4 is 4.90 Å². The Morgan fingerprint density at radius 3 is 2.54 bits per heavy atom. The quantitative estimate of drug-likeness (QED) is 0.545. The number of anilines is 1. The Morgan fingerprint density at radius 1 is 1.05 bits per heavy atom. The topological polar surface area (TPSA) is 72.4 Å². The number of carbonyl (C=O) groups excluding carboxylic acids is 1. The minimum absolute atomic E-state index is 0.142. The van der Waals surface area contributed by atoms with E-state index < -0.39 is 5.41 Å². The summed E-state index contributed by atoms with van der Waals surface area (Å²) in [7, 11) is 0. The number of aromatic amines is 1. The lowest BCUT2D eigenvalue weighted by Gasteiger charge is -2.43. The Hall–Kier alpha value is -3.21. The molecular weight excluding hydrogens is 467 g/mol. The average molecular weight is 499 g/mol. The Morgan fingerprint density at radius 2 is 1.81 bits per heavy atom. The lowest BCUT2D eigenvalue weighted by atomic mass is 9.64. The van der Waals surface area contributed by atoms with Gasteiger partial charge in [-0.2, -0.15) is 5.26 Å². The van der Waals surface area contributed by atoms with E-state index in [4.69, 9.17) is 4.74 Å². The molecule has 4 aliphatic rings. The predicted molar refractivity (Wildman–Crippen MR) is 140 cm³/mol. The van der Waals surface area contributed by atoms with Gasteiger partial charge in [0.25, 0.3) is 0 Å². The van der Waals surface area contributed by atoms with E-state index in [1.54, 1.807) is 12.1 Å². The fourth-order valence-electron chi connectivity index (χ4n) is 7.34. The fourth-order valence-corrected chi connectivity index (χ4v) is 7.34. The number of nitriles is 1. The maximum atomic E-state index is 15.7. The molecule has 1 spiro atoms. The Balaban J connectivity index is 1.32. The molecule has 1 aromatic heterocycles. The second-order valence-corrected chi connectivity index (χ2v) is 11.1. The van der Waals surface area contributed by atoms with Crippen LogP contribution in [-0.4, -0.2) is 61.1 Å². The van der Waals surface area contributed by atoms with E-state index >= 15 is 4.39 Å². The number of rotatable bonds is 2. The average Bonchev–Trinajstić information content (AvgIpc) is 3.61. The Labute approximate surface area is 216 Å². The van der Waals surface area contributed by atoms with Gasteiger partial charge in [-0.05, 0) is 81.4 Å². The molecule has 0 amide bonds. The van der Waals surface area contributed by atoms with E-state index in [1.165, 1.54) is 32.0 Å². The van der Waals surface area contributed by atoms with Crippen LogP contribution in [-0.2, 0) is 10.2 Å². The first-order valence-corrected chi connectivity index (χ1v) is 13.6. The summed E-state index contributed by atoms with van der Waals surface area (Å²) in [5.41, 5.74) is 4.38. The van der Waals surface area contributed by atoms with Gasteiger partial charge in [0.2, 0.25) is 0 Å². The molecule has 0 bridgehead atoms. The second kappa shape index (κ2) is 8.68. The molecular formula is C30H31FN4O2. The lowest BCUT2D eigenvalue weighted by Crippen LogP contribution is -2.44. The molecule has 1 N–H and O–H groups in total. The van der Waals surface area contributed by atoms with E-state index in [0.717, 1.165) is 60.9 Å². The molecule has 3 saturated heterocycles. The maximum Gasteiger partial charge on any atom is 0.195 e. The molecule has 4 heterocycles. The summed E-state index contributed by atoms with van der Waals surface area (Å²) >= 11 is 0. The number of hydrogen-bond acceptors (Lipinski definition) is 5. The number of nitrogens with one attached hydrogen (secondary N) is 1. The molecule has 6 nitrogen and oxygen atoms in total. The maximum absolute atomic E-state index is 15.7. The van der Waals surface area contributed by atoms with Crippen molar-refractivity contribution in [1.82, 2.24) is 9.88 Å². The van der Waals surface area contributed by atoms with Gasteiger partial charge >= 0.3 is 0 Å². The largest absolute Gasteiger partial charge is 0.381 e. The highest BCUT2D eigenvalue weighted by Gasteiger charge is 2.47. The summed E-state index contributed by atoms with van der Waals surface area (Å²) in [6.45, 7) is 5.20. The number of hydrogen-bond donors (Lipinski definition) is 1. The van der Waals surface area contributed by atoms with Crippen LogP contribution in [0.4, 0.5) is 10.1 Å². The Kier molecular flexibility index (Phi) is 5.38. The number of ether oxygens (including phenoxy) is 1. The molecule has 2 aromatic carbocycles. The first kappa shape index (κ1) is 22.9. The van der Waals surface area contributed by atoms with Crippen LogP contribution in [0.5, 0.6) is 0 Å². The molecule has 0 saturated carbocycles. The number of piperidine rings is 1. The summed E-state index contributed by atoms with van der Waals surface area (Å²) in [5, 5.41) is 10.2. The first-order chi connectivity index (χ1) is 18.1.